The third kappa shape index (κ3) is 4.69. The first-order valence-electron chi connectivity index (χ1n) is 6.87. The Hall–Kier alpha value is -0.300. The first-order chi connectivity index (χ1) is 7.49. The van der Waals surface area contributed by atoms with Gasteiger partial charge in [0, 0.05) is 0 Å². The zero-order valence-corrected chi connectivity index (χ0v) is 11.7. The Labute approximate surface area is 102 Å². The molecule has 0 saturated carbocycles. The fraction of sp³-hybridized carbons (Fsp3) is 0.867. The second-order valence-corrected chi connectivity index (χ2v) is 6.18. The van der Waals surface area contributed by atoms with Crippen LogP contribution in [0.4, 0.5) is 0 Å². The third-order valence-corrected chi connectivity index (χ3v) is 3.92. The molecule has 0 amide bonds. The number of allylic oxidation sites excluding steroid dienone is 2. The summed E-state index contributed by atoms with van der Waals surface area (Å²) in [5, 5.41) is 3.65. The van der Waals surface area contributed by atoms with Gasteiger partial charge in [-0.2, -0.15) is 0 Å². The molecule has 0 heterocycles. The average Bonchev–Trinajstić information content (AvgIpc) is 2.15. The van der Waals surface area contributed by atoms with E-state index >= 15 is 0 Å². The molecule has 0 radical (unpaired) electrons. The van der Waals surface area contributed by atoms with Gasteiger partial charge in [-0.25, -0.2) is 0 Å². The number of nitrogens with one attached hydrogen (secondary N) is 1. The second kappa shape index (κ2) is 6.44. The molecule has 3 atom stereocenters. The molecule has 0 spiro atoms. The molecule has 0 aromatic rings. The van der Waals surface area contributed by atoms with Crippen molar-refractivity contribution in [2.45, 2.75) is 47.5 Å². The molecular formula is C15H29N. The van der Waals surface area contributed by atoms with Crippen molar-refractivity contribution >= 4 is 0 Å². The summed E-state index contributed by atoms with van der Waals surface area (Å²) in [7, 11) is 0. The Morgan fingerprint density at radius 3 is 2.62 bits per heavy atom. The monoisotopic (exact) mass is 223 g/mol. The van der Waals surface area contributed by atoms with Gasteiger partial charge in [0.05, 0.1) is 0 Å². The molecule has 0 aromatic carbocycles. The van der Waals surface area contributed by atoms with Crippen LogP contribution in [0, 0.1) is 23.7 Å². The minimum Gasteiger partial charge on any atom is -0.316 e. The lowest BCUT2D eigenvalue weighted by Crippen LogP contribution is -2.30. The predicted molar refractivity (Wildman–Crippen MR) is 72.5 cm³/mol. The Balaban J connectivity index is 2.21. The largest absolute Gasteiger partial charge is 0.316 e. The van der Waals surface area contributed by atoms with Crippen molar-refractivity contribution in [2.75, 3.05) is 13.1 Å². The van der Waals surface area contributed by atoms with Crippen molar-refractivity contribution in [1.29, 1.82) is 0 Å². The van der Waals surface area contributed by atoms with E-state index in [-0.39, 0.29) is 0 Å². The van der Waals surface area contributed by atoms with Crippen LogP contribution in [0.3, 0.4) is 0 Å². The van der Waals surface area contributed by atoms with Crippen molar-refractivity contribution in [3.05, 3.63) is 11.6 Å². The summed E-state index contributed by atoms with van der Waals surface area (Å²) in [5.74, 6) is 3.22. The fourth-order valence-corrected chi connectivity index (χ4v) is 2.59. The van der Waals surface area contributed by atoms with Gasteiger partial charge < -0.3 is 5.32 Å². The smallest absolute Gasteiger partial charge is 0.00171 e. The van der Waals surface area contributed by atoms with Crippen molar-refractivity contribution < 1.29 is 0 Å². The van der Waals surface area contributed by atoms with Crippen LogP contribution in [-0.4, -0.2) is 13.1 Å². The van der Waals surface area contributed by atoms with Gasteiger partial charge in [0.2, 0.25) is 0 Å². The van der Waals surface area contributed by atoms with Gasteiger partial charge in [-0.1, -0.05) is 39.3 Å². The summed E-state index contributed by atoms with van der Waals surface area (Å²) >= 11 is 0. The van der Waals surface area contributed by atoms with E-state index in [2.05, 4.69) is 46.0 Å². The maximum absolute atomic E-state index is 3.65. The van der Waals surface area contributed by atoms with Crippen LogP contribution in [0.2, 0.25) is 0 Å². The lowest BCUT2D eigenvalue weighted by Gasteiger charge is -2.26. The molecular weight excluding hydrogens is 194 g/mol. The minimum atomic E-state index is 0.781. The molecule has 1 aliphatic rings. The van der Waals surface area contributed by atoms with Gasteiger partial charge in [-0.3, -0.25) is 0 Å². The molecule has 1 rings (SSSR count). The summed E-state index contributed by atoms with van der Waals surface area (Å²) in [6.07, 6.45) is 5.10. The summed E-state index contributed by atoms with van der Waals surface area (Å²) in [4.78, 5) is 0. The lowest BCUT2D eigenvalue weighted by atomic mass is 9.83. The van der Waals surface area contributed by atoms with E-state index in [1.54, 1.807) is 5.57 Å². The van der Waals surface area contributed by atoms with Gasteiger partial charge in [0.15, 0.2) is 0 Å². The molecule has 16 heavy (non-hydrogen) atoms. The Morgan fingerprint density at radius 2 is 2.06 bits per heavy atom. The van der Waals surface area contributed by atoms with Gasteiger partial charge >= 0.3 is 0 Å². The quantitative estimate of drug-likeness (QED) is 0.698. The first-order valence-corrected chi connectivity index (χ1v) is 6.87. The van der Waals surface area contributed by atoms with Gasteiger partial charge in [-0.05, 0) is 56.5 Å². The zero-order valence-electron chi connectivity index (χ0n) is 11.7. The molecule has 1 nitrogen and oxygen atoms in total. The van der Waals surface area contributed by atoms with Crippen molar-refractivity contribution in [3.8, 4) is 0 Å². The van der Waals surface area contributed by atoms with Crippen LogP contribution < -0.4 is 5.32 Å². The first kappa shape index (κ1) is 13.8. The highest BCUT2D eigenvalue weighted by Gasteiger charge is 2.17. The predicted octanol–water partition coefficient (Wildman–Crippen LogP) is 3.86. The summed E-state index contributed by atoms with van der Waals surface area (Å²) in [6.45, 7) is 13.9. The normalized spacial score (nSPS) is 28.0. The van der Waals surface area contributed by atoms with Crippen molar-refractivity contribution in [3.63, 3.8) is 0 Å². The van der Waals surface area contributed by atoms with Gasteiger partial charge in [-0.15, -0.1) is 0 Å². The Morgan fingerprint density at radius 1 is 1.38 bits per heavy atom. The SMILES string of the molecule is CC1=CC(C)CC(CNCC(C)C(C)C)C1. The maximum Gasteiger partial charge on any atom is -0.00171 e. The highest BCUT2D eigenvalue weighted by molar-refractivity contribution is 5.06. The highest BCUT2D eigenvalue weighted by Crippen LogP contribution is 2.27. The maximum atomic E-state index is 3.65. The molecule has 0 fully saturated rings. The van der Waals surface area contributed by atoms with E-state index in [0.717, 1.165) is 23.7 Å². The molecule has 0 aromatic heterocycles. The van der Waals surface area contributed by atoms with Crippen LogP contribution in [0.1, 0.15) is 47.5 Å². The van der Waals surface area contributed by atoms with Gasteiger partial charge in [0.1, 0.15) is 0 Å². The molecule has 0 saturated heterocycles. The Bertz CT molecular complexity index is 230. The van der Waals surface area contributed by atoms with E-state index in [9.17, 15) is 0 Å². The summed E-state index contributed by atoms with van der Waals surface area (Å²) in [6, 6.07) is 0. The summed E-state index contributed by atoms with van der Waals surface area (Å²) in [5.41, 5.74) is 1.59. The average molecular weight is 223 g/mol. The van der Waals surface area contributed by atoms with E-state index in [4.69, 9.17) is 0 Å². The van der Waals surface area contributed by atoms with E-state index in [1.807, 2.05) is 0 Å². The van der Waals surface area contributed by atoms with Crippen molar-refractivity contribution in [2.24, 2.45) is 23.7 Å². The minimum absolute atomic E-state index is 0.781. The van der Waals surface area contributed by atoms with E-state index in [0.29, 0.717) is 0 Å². The highest BCUT2D eigenvalue weighted by atomic mass is 14.9. The standard InChI is InChI=1S/C15H29N/c1-11(2)14(5)9-16-10-15-7-12(3)6-13(4)8-15/h6,11-12,14-16H,7-10H2,1-5H3. The van der Waals surface area contributed by atoms with Crippen molar-refractivity contribution in [1.82, 2.24) is 5.32 Å². The molecule has 94 valence electrons. The zero-order chi connectivity index (χ0) is 12.1. The molecule has 3 unspecified atom stereocenters. The molecule has 1 heteroatoms. The molecule has 1 aliphatic carbocycles. The van der Waals surface area contributed by atoms with Crippen LogP contribution in [0.15, 0.2) is 11.6 Å². The molecule has 1 N–H and O–H groups in total. The number of hydrogen-bond donors (Lipinski definition) is 1. The van der Waals surface area contributed by atoms with Crippen LogP contribution >= 0.6 is 0 Å². The number of hydrogen-bond acceptors (Lipinski definition) is 1. The summed E-state index contributed by atoms with van der Waals surface area (Å²) < 4.78 is 0. The molecule has 0 bridgehead atoms. The topological polar surface area (TPSA) is 12.0 Å². The lowest BCUT2D eigenvalue weighted by molar-refractivity contribution is 0.343. The number of rotatable bonds is 5. The Kier molecular flexibility index (Phi) is 5.54. The molecule has 0 aliphatic heterocycles. The van der Waals surface area contributed by atoms with E-state index in [1.165, 1.54) is 25.9 Å². The van der Waals surface area contributed by atoms with E-state index < -0.39 is 0 Å². The fourth-order valence-electron chi connectivity index (χ4n) is 2.59. The van der Waals surface area contributed by atoms with Gasteiger partial charge in [0.25, 0.3) is 0 Å². The van der Waals surface area contributed by atoms with Crippen LogP contribution in [0.25, 0.3) is 0 Å². The third-order valence-electron chi connectivity index (χ3n) is 3.92. The van der Waals surface area contributed by atoms with Crippen LogP contribution in [0.5, 0.6) is 0 Å². The second-order valence-electron chi connectivity index (χ2n) is 6.18. The van der Waals surface area contributed by atoms with Crippen LogP contribution in [-0.2, 0) is 0 Å².